The van der Waals surface area contributed by atoms with Crippen molar-refractivity contribution in [1.29, 1.82) is 0 Å². The zero-order valence-corrected chi connectivity index (χ0v) is 21.1. The molecular formula is C23H34N8O5. The predicted octanol–water partition coefficient (Wildman–Crippen LogP) is -0.0453. The molecule has 3 atom stereocenters. The molecule has 2 aromatic heterocycles. The number of anilines is 1. The number of ether oxygens (including phenoxy) is 2. The standard InChI is InChI=1S/C23H34N8O5/c1-5-25-22(33)19(15(3)32)36-16(4)31-14-26-18-20(24)27-17(28-21(18)31)8-7-9-29-10-12-30(13-11-29)23(34)35-6-2/h14-16,19,32H,5-6,9-13H2,1-4H3,(H,25,33)(H2,24,27,28)/t15?,16-,19+/m1/s1. The van der Waals surface area contributed by atoms with E-state index in [-0.39, 0.29) is 17.7 Å². The van der Waals surface area contributed by atoms with Crippen molar-refractivity contribution in [2.75, 3.05) is 51.6 Å². The SMILES string of the molecule is CCNC(=O)[C@@H](O[C@H](C)n1cnc2c(N)nc(C#CCN3CCN(C(=O)OCC)CC3)nc21)C(C)O. The highest BCUT2D eigenvalue weighted by Gasteiger charge is 2.28. The molecule has 0 bridgehead atoms. The quantitative estimate of drug-likeness (QED) is 0.418. The number of nitrogens with two attached hydrogens (primary N) is 1. The van der Waals surface area contributed by atoms with E-state index in [1.165, 1.54) is 13.3 Å². The van der Waals surface area contributed by atoms with E-state index in [4.69, 9.17) is 15.2 Å². The summed E-state index contributed by atoms with van der Waals surface area (Å²) in [6, 6.07) is 0. The van der Waals surface area contributed by atoms with Gasteiger partial charge >= 0.3 is 6.09 Å². The van der Waals surface area contributed by atoms with Crippen LogP contribution in [0.4, 0.5) is 10.6 Å². The molecule has 0 radical (unpaired) electrons. The second kappa shape index (κ2) is 12.5. The van der Waals surface area contributed by atoms with Crippen LogP contribution in [0.15, 0.2) is 6.33 Å². The molecule has 13 heteroatoms. The molecule has 13 nitrogen and oxygen atoms in total. The Balaban J connectivity index is 1.70. The Hall–Kier alpha value is -3.47. The number of nitrogen functional groups attached to an aromatic ring is 1. The Bertz CT molecular complexity index is 1120. The van der Waals surface area contributed by atoms with Crippen LogP contribution in [0.25, 0.3) is 11.2 Å². The number of likely N-dealkylation sites (N-methyl/N-ethyl adjacent to an activating group) is 1. The molecule has 1 saturated heterocycles. The van der Waals surface area contributed by atoms with Crippen LogP contribution in [-0.4, -0.2) is 105 Å². The van der Waals surface area contributed by atoms with E-state index in [1.807, 2.05) is 0 Å². The Morgan fingerprint density at radius 3 is 2.58 bits per heavy atom. The highest BCUT2D eigenvalue weighted by molar-refractivity contribution is 5.82. The van der Waals surface area contributed by atoms with E-state index in [2.05, 4.69) is 37.0 Å². The van der Waals surface area contributed by atoms with Crippen molar-refractivity contribution in [3.05, 3.63) is 12.2 Å². The third-order valence-electron chi connectivity index (χ3n) is 5.63. The maximum Gasteiger partial charge on any atom is 0.409 e. The molecule has 0 saturated carbocycles. The number of aromatic nitrogens is 4. The first-order chi connectivity index (χ1) is 17.2. The van der Waals surface area contributed by atoms with Crippen molar-refractivity contribution >= 4 is 29.0 Å². The molecule has 4 N–H and O–H groups in total. The number of fused-ring (bicyclic) bond motifs is 1. The van der Waals surface area contributed by atoms with Crippen LogP contribution in [0, 0.1) is 11.8 Å². The summed E-state index contributed by atoms with van der Waals surface area (Å²) < 4.78 is 12.5. The number of nitrogens with one attached hydrogen (secondary N) is 1. The van der Waals surface area contributed by atoms with Gasteiger partial charge in [-0.05, 0) is 33.6 Å². The molecule has 1 aliphatic heterocycles. The van der Waals surface area contributed by atoms with Gasteiger partial charge in [0.2, 0.25) is 5.82 Å². The number of piperazine rings is 1. The minimum atomic E-state index is -1.07. The van der Waals surface area contributed by atoms with E-state index < -0.39 is 24.3 Å². The number of amides is 2. The molecule has 0 aromatic carbocycles. The summed E-state index contributed by atoms with van der Waals surface area (Å²) in [5.74, 6) is 6.00. The molecule has 2 aromatic rings. The summed E-state index contributed by atoms with van der Waals surface area (Å²) in [6.07, 6.45) is -1.56. The Morgan fingerprint density at radius 2 is 1.94 bits per heavy atom. The average molecular weight is 503 g/mol. The fourth-order valence-electron chi connectivity index (χ4n) is 3.74. The molecule has 0 spiro atoms. The van der Waals surface area contributed by atoms with E-state index in [1.54, 1.807) is 30.2 Å². The third kappa shape index (κ3) is 6.60. The van der Waals surface area contributed by atoms with Crippen molar-refractivity contribution in [3.8, 4) is 11.8 Å². The number of hydrogen-bond donors (Lipinski definition) is 3. The maximum absolute atomic E-state index is 12.3. The lowest BCUT2D eigenvalue weighted by molar-refractivity contribution is -0.150. The molecule has 196 valence electrons. The van der Waals surface area contributed by atoms with Crippen LogP contribution in [0.3, 0.4) is 0 Å². The van der Waals surface area contributed by atoms with Crippen molar-refractivity contribution in [1.82, 2.24) is 34.6 Å². The fraction of sp³-hybridized carbons (Fsp3) is 0.609. The fourth-order valence-corrected chi connectivity index (χ4v) is 3.74. The number of aliphatic hydroxyl groups excluding tert-OH is 1. The van der Waals surface area contributed by atoms with Gasteiger partial charge in [0.15, 0.2) is 17.6 Å². The van der Waals surface area contributed by atoms with E-state index in [0.717, 1.165) is 0 Å². The zero-order valence-electron chi connectivity index (χ0n) is 21.1. The predicted molar refractivity (Wildman–Crippen MR) is 132 cm³/mol. The Morgan fingerprint density at radius 1 is 1.22 bits per heavy atom. The second-order valence-electron chi connectivity index (χ2n) is 8.31. The molecular weight excluding hydrogens is 468 g/mol. The minimum Gasteiger partial charge on any atom is -0.450 e. The monoisotopic (exact) mass is 502 g/mol. The lowest BCUT2D eigenvalue weighted by Crippen LogP contribution is -2.48. The van der Waals surface area contributed by atoms with Crippen molar-refractivity contribution in [3.63, 3.8) is 0 Å². The highest BCUT2D eigenvalue weighted by Crippen LogP contribution is 2.22. The average Bonchev–Trinajstić information content (AvgIpc) is 3.27. The summed E-state index contributed by atoms with van der Waals surface area (Å²) in [6.45, 7) is 10.6. The van der Waals surface area contributed by atoms with E-state index >= 15 is 0 Å². The normalized spacial score (nSPS) is 16.6. The number of carbonyl (C=O) groups is 2. The first kappa shape index (κ1) is 27.1. The highest BCUT2D eigenvalue weighted by atomic mass is 16.6. The van der Waals surface area contributed by atoms with E-state index in [0.29, 0.717) is 57.0 Å². The molecule has 1 unspecified atom stereocenters. The van der Waals surface area contributed by atoms with Crippen molar-refractivity contribution in [2.24, 2.45) is 0 Å². The maximum atomic E-state index is 12.3. The van der Waals surface area contributed by atoms with Crippen LogP contribution in [0.2, 0.25) is 0 Å². The summed E-state index contributed by atoms with van der Waals surface area (Å²) in [5, 5.41) is 12.7. The molecule has 0 aliphatic carbocycles. The van der Waals surface area contributed by atoms with Crippen LogP contribution in [0.5, 0.6) is 0 Å². The van der Waals surface area contributed by atoms with Gasteiger partial charge in [-0.15, -0.1) is 0 Å². The lowest BCUT2D eigenvalue weighted by Gasteiger charge is -2.32. The second-order valence-corrected chi connectivity index (χ2v) is 8.31. The van der Waals surface area contributed by atoms with Crippen LogP contribution in [-0.2, 0) is 14.3 Å². The van der Waals surface area contributed by atoms with Gasteiger partial charge in [0.1, 0.15) is 11.7 Å². The van der Waals surface area contributed by atoms with Gasteiger partial charge in [0.25, 0.3) is 5.91 Å². The van der Waals surface area contributed by atoms with Crippen LogP contribution < -0.4 is 11.1 Å². The summed E-state index contributed by atoms with van der Waals surface area (Å²) in [7, 11) is 0. The van der Waals surface area contributed by atoms with Crippen molar-refractivity contribution in [2.45, 2.75) is 46.1 Å². The van der Waals surface area contributed by atoms with Gasteiger partial charge in [-0.25, -0.2) is 19.7 Å². The first-order valence-corrected chi connectivity index (χ1v) is 12.0. The molecule has 1 fully saturated rings. The topological polar surface area (TPSA) is 161 Å². The minimum absolute atomic E-state index is 0.175. The molecule has 3 rings (SSSR count). The molecule has 3 heterocycles. The Kier molecular flexibility index (Phi) is 9.40. The largest absolute Gasteiger partial charge is 0.450 e. The third-order valence-corrected chi connectivity index (χ3v) is 5.63. The molecule has 2 amide bonds. The molecule has 36 heavy (non-hydrogen) atoms. The van der Waals surface area contributed by atoms with Gasteiger partial charge in [-0.3, -0.25) is 14.3 Å². The number of carbonyl (C=O) groups excluding carboxylic acids is 2. The molecule has 1 aliphatic rings. The number of aliphatic hydroxyl groups is 1. The van der Waals surface area contributed by atoms with E-state index in [9.17, 15) is 14.7 Å². The van der Waals surface area contributed by atoms with Gasteiger partial charge in [0, 0.05) is 32.7 Å². The number of rotatable bonds is 8. The van der Waals surface area contributed by atoms with Crippen molar-refractivity contribution < 1.29 is 24.2 Å². The first-order valence-electron chi connectivity index (χ1n) is 12.0. The summed E-state index contributed by atoms with van der Waals surface area (Å²) in [5.41, 5.74) is 6.88. The number of imidazole rings is 1. The van der Waals surface area contributed by atoms with Crippen LogP contribution in [0.1, 0.15) is 39.7 Å². The smallest absolute Gasteiger partial charge is 0.409 e. The summed E-state index contributed by atoms with van der Waals surface area (Å²) in [4.78, 5) is 40.9. The van der Waals surface area contributed by atoms with Gasteiger partial charge in [0.05, 0.1) is 25.6 Å². The Labute approximate surface area is 210 Å². The van der Waals surface area contributed by atoms with Gasteiger partial charge in [-0.2, -0.15) is 0 Å². The number of hydrogen-bond acceptors (Lipinski definition) is 10. The number of nitrogens with zero attached hydrogens (tertiary/aromatic N) is 6. The van der Waals surface area contributed by atoms with Gasteiger partial charge in [-0.1, -0.05) is 5.92 Å². The summed E-state index contributed by atoms with van der Waals surface area (Å²) >= 11 is 0. The zero-order chi connectivity index (χ0) is 26.2. The van der Waals surface area contributed by atoms with Crippen LogP contribution >= 0.6 is 0 Å². The lowest BCUT2D eigenvalue weighted by atomic mass is 10.2. The van der Waals surface area contributed by atoms with Gasteiger partial charge < -0.3 is 30.5 Å².